The summed E-state index contributed by atoms with van der Waals surface area (Å²) in [4.78, 5) is 12.2. The molecule has 0 fully saturated rings. The van der Waals surface area contributed by atoms with Crippen LogP contribution in [0, 0.1) is 11.3 Å². The van der Waals surface area contributed by atoms with Gasteiger partial charge in [-0.05, 0) is 42.5 Å². The number of carbonyl (C=O) groups excluding carboxylic acids is 1. The Kier molecular flexibility index (Phi) is 6.20. The maximum Gasteiger partial charge on any atom is 0.251 e. The highest BCUT2D eigenvalue weighted by molar-refractivity contribution is 7.92. The molecular weight excluding hydrogens is 354 g/mol. The van der Waals surface area contributed by atoms with E-state index in [1.54, 1.807) is 48.5 Å². The van der Waals surface area contributed by atoms with Crippen LogP contribution in [0.25, 0.3) is 0 Å². The predicted octanol–water partition coefficient (Wildman–Crippen LogP) is 1.76. The van der Waals surface area contributed by atoms with Crippen LogP contribution in [0.1, 0.15) is 15.9 Å². The number of sulfonamides is 1. The van der Waals surface area contributed by atoms with Gasteiger partial charge in [-0.1, -0.05) is 6.07 Å². The van der Waals surface area contributed by atoms with Gasteiger partial charge >= 0.3 is 0 Å². The van der Waals surface area contributed by atoms with Gasteiger partial charge in [0.05, 0.1) is 37.2 Å². The van der Waals surface area contributed by atoms with Crippen molar-refractivity contribution in [2.24, 2.45) is 0 Å². The molecule has 0 unspecified atom stereocenters. The van der Waals surface area contributed by atoms with Gasteiger partial charge in [-0.25, -0.2) is 8.42 Å². The van der Waals surface area contributed by atoms with E-state index >= 15 is 0 Å². The van der Waals surface area contributed by atoms with E-state index in [1.807, 2.05) is 6.07 Å². The predicted molar refractivity (Wildman–Crippen MR) is 98.7 cm³/mol. The molecule has 0 radical (unpaired) electrons. The Morgan fingerprint density at radius 1 is 1.23 bits per heavy atom. The number of nitriles is 1. The zero-order chi connectivity index (χ0) is 19.2. The molecule has 8 heteroatoms. The second kappa shape index (κ2) is 8.36. The zero-order valence-corrected chi connectivity index (χ0v) is 15.3. The second-order valence-electron chi connectivity index (χ2n) is 5.48. The lowest BCUT2D eigenvalue weighted by Gasteiger charge is -2.22. The zero-order valence-electron chi connectivity index (χ0n) is 14.5. The molecule has 0 aliphatic rings. The maximum atomic E-state index is 12.2. The molecule has 0 atom stereocenters. The lowest BCUT2D eigenvalue weighted by Crippen LogP contribution is -2.38. The molecule has 0 aliphatic heterocycles. The van der Waals surface area contributed by atoms with Crippen LogP contribution < -0.4 is 14.4 Å². The fraction of sp³-hybridized carbons (Fsp3) is 0.222. The number of anilines is 1. The third-order valence-electron chi connectivity index (χ3n) is 3.62. The van der Waals surface area contributed by atoms with Crippen LogP contribution in [0.5, 0.6) is 5.75 Å². The molecule has 0 saturated carbocycles. The van der Waals surface area contributed by atoms with Crippen molar-refractivity contribution < 1.29 is 17.9 Å². The number of amides is 1. The largest absolute Gasteiger partial charge is 0.497 e. The minimum atomic E-state index is -3.53. The van der Waals surface area contributed by atoms with Gasteiger partial charge in [0.1, 0.15) is 5.75 Å². The first kappa shape index (κ1) is 19.3. The Morgan fingerprint density at radius 2 is 1.92 bits per heavy atom. The third-order valence-corrected chi connectivity index (χ3v) is 4.81. The van der Waals surface area contributed by atoms with Crippen molar-refractivity contribution >= 4 is 21.6 Å². The molecule has 0 saturated heterocycles. The molecule has 1 N–H and O–H groups in total. The molecule has 0 aliphatic carbocycles. The highest BCUT2D eigenvalue weighted by Crippen LogP contribution is 2.18. The molecule has 136 valence electrons. The number of hydrogen-bond acceptors (Lipinski definition) is 5. The second-order valence-corrected chi connectivity index (χ2v) is 7.39. The fourth-order valence-corrected chi connectivity index (χ4v) is 3.25. The monoisotopic (exact) mass is 373 g/mol. The summed E-state index contributed by atoms with van der Waals surface area (Å²) in [6.45, 7) is 0.198. The standard InChI is InChI=1S/C18H19N3O4S/c1-25-17-5-3-4-15(12-17)18(22)20-10-11-21(26(2,23)24)16-8-6-14(13-19)7-9-16/h3-9,12H,10-11H2,1-2H3,(H,20,22). The Bertz CT molecular complexity index is 918. The van der Waals surface area contributed by atoms with Crippen molar-refractivity contribution in [3.63, 3.8) is 0 Å². The van der Waals surface area contributed by atoms with Crippen molar-refractivity contribution in [2.75, 3.05) is 30.8 Å². The Hall–Kier alpha value is -3.05. The normalized spacial score (nSPS) is 10.7. The number of benzene rings is 2. The first-order chi connectivity index (χ1) is 12.3. The summed E-state index contributed by atoms with van der Waals surface area (Å²) in [5.41, 5.74) is 1.30. The average molecular weight is 373 g/mol. The average Bonchev–Trinajstić information content (AvgIpc) is 2.64. The Morgan fingerprint density at radius 3 is 2.50 bits per heavy atom. The lowest BCUT2D eigenvalue weighted by molar-refractivity contribution is 0.0954. The molecular formula is C18H19N3O4S. The number of nitrogens with zero attached hydrogens (tertiary/aromatic N) is 2. The summed E-state index contributed by atoms with van der Waals surface area (Å²) in [5, 5.41) is 11.5. The molecule has 2 aromatic rings. The van der Waals surface area contributed by atoms with E-state index in [1.165, 1.54) is 11.4 Å². The van der Waals surface area contributed by atoms with E-state index in [0.29, 0.717) is 22.6 Å². The molecule has 0 aromatic heterocycles. The number of methoxy groups -OCH3 is 1. The van der Waals surface area contributed by atoms with Crippen molar-refractivity contribution in [3.05, 3.63) is 59.7 Å². The minimum Gasteiger partial charge on any atom is -0.497 e. The molecule has 0 spiro atoms. The fourth-order valence-electron chi connectivity index (χ4n) is 2.33. The van der Waals surface area contributed by atoms with E-state index < -0.39 is 10.0 Å². The van der Waals surface area contributed by atoms with Gasteiger partial charge in [-0.2, -0.15) is 5.26 Å². The number of carbonyl (C=O) groups is 1. The van der Waals surface area contributed by atoms with Gasteiger partial charge < -0.3 is 10.1 Å². The number of hydrogen-bond donors (Lipinski definition) is 1. The van der Waals surface area contributed by atoms with Crippen LogP contribution in [0.3, 0.4) is 0 Å². The molecule has 2 aromatic carbocycles. The molecule has 1 amide bonds. The van der Waals surface area contributed by atoms with Gasteiger partial charge in [-0.3, -0.25) is 9.10 Å². The van der Waals surface area contributed by atoms with Crippen LogP contribution in [-0.2, 0) is 10.0 Å². The van der Waals surface area contributed by atoms with Crippen LogP contribution in [0.2, 0.25) is 0 Å². The smallest absolute Gasteiger partial charge is 0.251 e. The van der Waals surface area contributed by atoms with Gasteiger partial charge in [0.15, 0.2) is 0 Å². The van der Waals surface area contributed by atoms with Crippen molar-refractivity contribution in [3.8, 4) is 11.8 Å². The van der Waals surface area contributed by atoms with Gasteiger partial charge in [-0.15, -0.1) is 0 Å². The number of ether oxygens (including phenoxy) is 1. The minimum absolute atomic E-state index is 0.0699. The highest BCUT2D eigenvalue weighted by Gasteiger charge is 2.17. The summed E-state index contributed by atoms with van der Waals surface area (Å²) in [5.74, 6) is 0.241. The van der Waals surface area contributed by atoms with Crippen LogP contribution >= 0.6 is 0 Å². The summed E-state index contributed by atoms with van der Waals surface area (Å²) in [6.07, 6.45) is 1.09. The number of rotatable bonds is 7. The lowest BCUT2D eigenvalue weighted by atomic mass is 10.2. The van der Waals surface area contributed by atoms with E-state index in [9.17, 15) is 13.2 Å². The molecule has 26 heavy (non-hydrogen) atoms. The molecule has 0 bridgehead atoms. The quantitative estimate of drug-likeness (QED) is 0.797. The van der Waals surface area contributed by atoms with E-state index in [4.69, 9.17) is 10.00 Å². The van der Waals surface area contributed by atoms with Crippen LogP contribution in [0.4, 0.5) is 5.69 Å². The van der Waals surface area contributed by atoms with Crippen molar-refractivity contribution in [1.29, 1.82) is 5.26 Å². The first-order valence-electron chi connectivity index (χ1n) is 7.75. The van der Waals surface area contributed by atoms with E-state index in [2.05, 4.69) is 5.32 Å². The summed E-state index contributed by atoms with van der Waals surface area (Å²) < 4.78 is 30.4. The van der Waals surface area contributed by atoms with Gasteiger partial charge in [0.25, 0.3) is 5.91 Å². The van der Waals surface area contributed by atoms with Crippen molar-refractivity contribution in [2.45, 2.75) is 0 Å². The van der Waals surface area contributed by atoms with Crippen LogP contribution in [-0.4, -0.2) is 40.8 Å². The Labute approximate surface area is 152 Å². The first-order valence-corrected chi connectivity index (χ1v) is 9.60. The summed E-state index contributed by atoms with van der Waals surface area (Å²) >= 11 is 0. The van der Waals surface area contributed by atoms with E-state index in [0.717, 1.165) is 6.26 Å². The van der Waals surface area contributed by atoms with Gasteiger partial charge in [0.2, 0.25) is 10.0 Å². The van der Waals surface area contributed by atoms with E-state index in [-0.39, 0.29) is 19.0 Å². The summed E-state index contributed by atoms with van der Waals surface area (Å²) in [6, 6.07) is 14.9. The summed E-state index contributed by atoms with van der Waals surface area (Å²) in [7, 11) is -2.02. The van der Waals surface area contributed by atoms with Gasteiger partial charge in [0, 0.05) is 12.1 Å². The third kappa shape index (κ3) is 4.97. The molecule has 2 rings (SSSR count). The molecule has 0 heterocycles. The van der Waals surface area contributed by atoms with Crippen LogP contribution in [0.15, 0.2) is 48.5 Å². The SMILES string of the molecule is COc1cccc(C(=O)NCCN(c2ccc(C#N)cc2)S(C)(=O)=O)c1. The topological polar surface area (TPSA) is 99.5 Å². The van der Waals surface area contributed by atoms with Crippen molar-refractivity contribution in [1.82, 2.24) is 5.32 Å². The Balaban J connectivity index is 2.05. The highest BCUT2D eigenvalue weighted by atomic mass is 32.2. The molecule has 7 nitrogen and oxygen atoms in total. The maximum absolute atomic E-state index is 12.2. The number of nitrogens with one attached hydrogen (secondary N) is 1.